The van der Waals surface area contributed by atoms with Crippen LogP contribution in [0, 0.1) is 12.8 Å². The van der Waals surface area contributed by atoms with Crippen LogP contribution in [0.4, 0.5) is 0 Å². The number of nitrogens with zero attached hydrogens (tertiary/aromatic N) is 1. The number of hydrogen-bond donors (Lipinski definition) is 1. The molecule has 2 atom stereocenters. The van der Waals surface area contributed by atoms with Gasteiger partial charge in [-0.2, -0.15) is 0 Å². The van der Waals surface area contributed by atoms with E-state index in [0.717, 1.165) is 24.0 Å². The Hall–Kier alpha value is -3.12. The first-order valence-corrected chi connectivity index (χ1v) is 11.5. The molecule has 2 aliphatic heterocycles. The number of carbonyl (C=O) groups is 2. The van der Waals surface area contributed by atoms with Gasteiger partial charge in [-0.3, -0.25) is 9.59 Å². The number of aliphatic hydroxyl groups excluding tert-OH is 1. The van der Waals surface area contributed by atoms with Crippen molar-refractivity contribution in [2.24, 2.45) is 5.92 Å². The van der Waals surface area contributed by atoms with Gasteiger partial charge in [0.1, 0.15) is 11.5 Å². The molecule has 0 bridgehead atoms. The van der Waals surface area contributed by atoms with Crippen molar-refractivity contribution in [2.45, 2.75) is 45.8 Å². The highest BCUT2D eigenvalue weighted by molar-refractivity contribution is 6.46. The number of hydrogen-bond acceptors (Lipinski definition) is 5. The lowest BCUT2D eigenvalue weighted by molar-refractivity contribution is -0.140. The summed E-state index contributed by atoms with van der Waals surface area (Å²) in [6.45, 7) is 7.68. The quantitative estimate of drug-likeness (QED) is 0.379. The second-order valence-corrected chi connectivity index (χ2v) is 9.23. The second kappa shape index (κ2) is 9.79. The van der Waals surface area contributed by atoms with Gasteiger partial charge in [-0.25, -0.2) is 0 Å². The number of carbonyl (C=O) groups excluding carboxylic acids is 2. The maximum absolute atomic E-state index is 13.1. The summed E-state index contributed by atoms with van der Waals surface area (Å²) in [5, 5.41) is 11.2. The molecular formula is C27H31NO5. The first-order chi connectivity index (χ1) is 15.8. The normalized spacial score (nSPS) is 22.4. The van der Waals surface area contributed by atoms with Crippen LogP contribution in [0.5, 0.6) is 5.75 Å². The number of aliphatic hydroxyl groups is 1. The minimum atomic E-state index is -0.669. The molecule has 2 saturated heterocycles. The largest absolute Gasteiger partial charge is 0.507 e. The summed E-state index contributed by atoms with van der Waals surface area (Å²) in [4.78, 5) is 27.8. The molecule has 33 heavy (non-hydrogen) atoms. The summed E-state index contributed by atoms with van der Waals surface area (Å²) in [6, 6.07) is 14.0. The minimum Gasteiger partial charge on any atom is -0.507 e. The van der Waals surface area contributed by atoms with Crippen molar-refractivity contribution in [2.75, 3.05) is 19.8 Å². The molecule has 0 spiro atoms. The molecule has 2 aromatic carbocycles. The van der Waals surface area contributed by atoms with E-state index in [2.05, 4.69) is 13.8 Å². The third-order valence-electron chi connectivity index (χ3n) is 6.03. The van der Waals surface area contributed by atoms with E-state index in [1.54, 1.807) is 29.2 Å². The number of ketones is 1. The smallest absolute Gasteiger partial charge is 0.295 e. The third kappa shape index (κ3) is 4.96. The van der Waals surface area contributed by atoms with Crippen molar-refractivity contribution >= 4 is 17.4 Å². The van der Waals surface area contributed by atoms with E-state index in [0.29, 0.717) is 37.0 Å². The van der Waals surface area contributed by atoms with Crippen molar-refractivity contribution in [3.8, 4) is 5.75 Å². The summed E-state index contributed by atoms with van der Waals surface area (Å²) in [5.74, 6) is -0.362. The fraction of sp³-hybridized carbons (Fsp3) is 0.407. The Morgan fingerprint density at radius 2 is 1.94 bits per heavy atom. The van der Waals surface area contributed by atoms with E-state index in [1.165, 1.54) is 0 Å². The van der Waals surface area contributed by atoms with Crippen molar-refractivity contribution < 1.29 is 24.2 Å². The van der Waals surface area contributed by atoms with Gasteiger partial charge in [0.05, 0.1) is 24.3 Å². The van der Waals surface area contributed by atoms with Crippen LogP contribution in [-0.2, 0) is 14.3 Å². The molecule has 2 aromatic rings. The summed E-state index contributed by atoms with van der Waals surface area (Å²) >= 11 is 0. The van der Waals surface area contributed by atoms with Gasteiger partial charge in [0.25, 0.3) is 11.7 Å². The molecule has 0 radical (unpaired) electrons. The Morgan fingerprint density at radius 1 is 1.18 bits per heavy atom. The zero-order valence-electron chi connectivity index (χ0n) is 19.4. The maximum atomic E-state index is 13.1. The lowest BCUT2D eigenvalue weighted by atomic mass is 9.94. The standard InChI is InChI=1S/C27H31NO5/c1-17(2)16-33-21-11-9-19(10-12-21)25(29)23-24(20-7-4-6-18(3)14-20)28(27(31)26(23)30)15-22-8-5-13-32-22/h4,6-7,9-12,14,17,22,24,29H,5,8,13,15-16H2,1-3H3/b25-23-. The summed E-state index contributed by atoms with van der Waals surface area (Å²) in [7, 11) is 0. The van der Waals surface area contributed by atoms with Crippen LogP contribution in [0.3, 0.4) is 0 Å². The number of rotatable bonds is 7. The highest BCUT2D eigenvalue weighted by Gasteiger charge is 2.47. The first kappa shape index (κ1) is 23.1. The molecule has 0 aromatic heterocycles. The number of benzene rings is 2. The SMILES string of the molecule is Cc1cccc(C2/C(=C(/O)c3ccc(OCC(C)C)cc3)C(=O)C(=O)N2CC2CCCO2)c1. The fourth-order valence-corrected chi connectivity index (χ4v) is 4.39. The van der Waals surface area contributed by atoms with Crippen molar-refractivity contribution in [3.05, 3.63) is 70.8 Å². The molecule has 174 valence electrons. The van der Waals surface area contributed by atoms with Gasteiger partial charge < -0.3 is 19.5 Å². The van der Waals surface area contributed by atoms with Crippen LogP contribution in [0.25, 0.3) is 5.76 Å². The number of Topliss-reactive ketones (excluding diaryl/α,β-unsaturated/α-hetero) is 1. The lowest BCUT2D eigenvalue weighted by Gasteiger charge is -2.27. The number of amides is 1. The molecule has 6 heteroatoms. The van der Waals surface area contributed by atoms with Gasteiger partial charge in [0.15, 0.2) is 0 Å². The molecule has 1 N–H and O–H groups in total. The first-order valence-electron chi connectivity index (χ1n) is 11.5. The van der Waals surface area contributed by atoms with Gasteiger partial charge in [-0.1, -0.05) is 43.7 Å². The highest BCUT2D eigenvalue weighted by Crippen LogP contribution is 2.40. The molecule has 2 fully saturated rings. The molecule has 6 nitrogen and oxygen atoms in total. The predicted molar refractivity (Wildman–Crippen MR) is 126 cm³/mol. The zero-order chi connectivity index (χ0) is 23.5. The molecular weight excluding hydrogens is 418 g/mol. The predicted octanol–water partition coefficient (Wildman–Crippen LogP) is 4.63. The van der Waals surface area contributed by atoms with E-state index in [4.69, 9.17) is 9.47 Å². The Morgan fingerprint density at radius 3 is 2.58 bits per heavy atom. The van der Waals surface area contributed by atoms with Crippen LogP contribution < -0.4 is 4.74 Å². The van der Waals surface area contributed by atoms with Crippen LogP contribution in [-0.4, -0.2) is 47.6 Å². The second-order valence-electron chi connectivity index (χ2n) is 9.23. The van der Waals surface area contributed by atoms with E-state index < -0.39 is 17.7 Å². The van der Waals surface area contributed by atoms with Crippen LogP contribution >= 0.6 is 0 Å². The number of aryl methyl sites for hydroxylation is 1. The summed E-state index contributed by atoms with van der Waals surface area (Å²) in [5.41, 5.74) is 2.40. The summed E-state index contributed by atoms with van der Waals surface area (Å²) in [6.07, 6.45) is 1.68. The number of likely N-dealkylation sites (tertiary alicyclic amines) is 1. The van der Waals surface area contributed by atoms with E-state index in [9.17, 15) is 14.7 Å². The Bertz CT molecular complexity index is 1050. The molecule has 0 aliphatic carbocycles. The zero-order valence-corrected chi connectivity index (χ0v) is 19.4. The average molecular weight is 450 g/mol. The number of ether oxygens (including phenoxy) is 2. The lowest BCUT2D eigenvalue weighted by Crippen LogP contribution is -2.36. The topological polar surface area (TPSA) is 76.1 Å². The van der Waals surface area contributed by atoms with Gasteiger partial charge >= 0.3 is 0 Å². The average Bonchev–Trinajstić information content (AvgIpc) is 3.40. The Labute approximate surface area is 194 Å². The minimum absolute atomic E-state index is 0.104. The Kier molecular flexibility index (Phi) is 6.84. The van der Waals surface area contributed by atoms with E-state index in [-0.39, 0.29) is 17.4 Å². The molecule has 1 amide bonds. The molecule has 2 heterocycles. The van der Waals surface area contributed by atoms with E-state index in [1.807, 2.05) is 31.2 Å². The van der Waals surface area contributed by atoms with Crippen LogP contribution in [0.15, 0.2) is 54.1 Å². The molecule has 2 unspecified atom stereocenters. The molecule has 2 aliphatic rings. The van der Waals surface area contributed by atoms with Gasteiger partial charge in [-0.15, -0.1) is 0 Å². The molecule has 0 saturated carbocycles. The van der Waals surface area contributed by atoms with E-state index >= 15 is 0 Å². The summed E-state index contributed by atoms with van der Waals surface area (Å²) < 4.78 is 11.5. The van der Waals surface area contributed by atoms with Crippen LogP contribution in [0.2, 0.25) is 0 Å². The maximum Gasteiger partial charge on any atom is 0.295 e. The highest BCUT2D eigenvalue weighted by atomic mass is 16.5. The fourth-order valence-electron chi connectivity index (χ4n) is 4.39. The van der Waals surface area contributed by atoms with Gasteiger partial charge in [-0.05, 0) is 55.5 Å². The van der Waals surface area contributed by atoms with Crippen molar-refractivity contribution in [1.29, 1.82) is 0 Å². The molecule has 4 rings (SSSR count). The monoisotopic (exact) mass is 449 g/mol. The van der Waals surface area contributed by atoms with Crippen molar-refractivity contribution in [3.63, 3.8) is 0 Å². The third-order valence-corrected chi connectivity index (χ3v) is 6.03. The Balaban J connectivity index is 1.72. The van der Waals surface area contributed by atoms with Gasteiger partial charge in [0, 0.05) is 18.7 Å². The van der Waals surface area contributed by atoms with Crippen molar-refractivity contribution in [1.82, 2.24) is 4.90 Å². The van der Waals surface area contributed by atoms with Crippen LogP contribution in [0.1, 0.15) is 49.4 Å². The van der Waals surface area contributed by atoms with Gasteiger partial charge in [0.2, 0.25) is 0 Å².